The number of benzene rings is 1. The van der Waals surface area contributed by atoms with E-state index in [1.807, 2.05) is 6.07 Å². The first kappa shape index (κ1) is 16.5. The zero-order chi connectivity index (χ0) is 14.9. The summed E-state index contributed by atoms with van der Waals surface area (Å²) >= 11 is 0. The SMILES string of the molecule is CC(Cc1ccccc1)NCC(O)COC1CCCCC1. The minimum absolute atomic E-state index is 0.358. The van der Waals surface area contributed by atoms with Crippen molar-refractivity contribution in [1.82, 2.24) is 5.32 Å². The van der Waals surface area contributed by atoms with E-state index in [1.165, 1.54) is 24.8 Å². The van der Waals surface area contributed by atoms with Gasteiger partial charge < -0.3 is 15.2 Å². The Morgan fingerprint density at radius 2 is 1.90 bits per heavy atom. The molecule has 118 valence electrons. The van der Waals surface area contributed by atoms with Crippen LogP contribution in [0, 0.1) is 0 Å². The van der Waals surface area contributed by atoms with Crippen LogP contribution in [0.4, 0.5) is 0 Å². The standard InChI is InChI=1S/C18H29NO2/c1-15(12-16-8-4-2-5-9-16)19-13-17(20)14-21-18-10-6-3-7-11-18/h2,4-5,8-9,15,17-20H,3,6-7,10-14H2,1H3. The zero-order valence-electron chi connectivity index (χ0n) is 13.1. The van der Waals surface area contributed by atoms with Crippen LogP contribution in [0.5, 0.6) is 0 Å². The Balaban J connectivity index is 1.58. The topological polar surface area (TPSA) is 41.5 Å². The van der Waals surface area contributed by atoms with Gasteiger partial charge in [0.1, 0.15) is 0 Å². The lowest BCUT2D eigenvalue weighted by Gasteiger charge is -2.24. The number of aliphatic hydroxyl groups is 1. The number of hydrogen-bond donors (Lipinski definition) is 2. The highest BCUT2D eigenvalue weighted by atomic mass is 16.5. The Morgan fingerprint density at radius 3 is 2.62 bits per heavy atom. The van der Waals surface area contributed by atoms with Crippen molar-refractivity contribution < 1.29 is 9.84 Å². The number of rotatable bonds is 8. The average molecular weight is 291 g/mol. The third-order valence-corrected chi connectivity index (χ3v) is 4.16. The summed E-state index contributed by atoms with van der Waals surface area (Å²) in [4.78, 5) is 0. The van der Waals surface area contributed by atoms with Crippen molar-refractivity contribution in [1.29, 1.82) is 0 Å². The smallest absolute Gasteiger partial charge is 0.0897 e. The summed E-state index contributed by atoms with van der Waals surface area (Å²) in [5.74, 6) is 0. The van der Waals surface area contributed by atoms with E-state index < -0.39 is 6.10 Å². The molecule has 2 unspecified atom stereocenters. The fourth-order valence-electron chi connectivity index (χ4n) is 2.91. The fraction of sp³-hybridized carbons (Fsp3) is 0.667. The van der Waals surface area contributed by atoms with E-state index in [2.05, 4.69) is 36.5 Å². The summed E-state index contributed by atoms with van der Waals surface area (Å²) in [6.45, 7) is 3.21. The number of aliphatic hydroxyl groups excluding tert-OH is 1. The first-order valence-corrected chi connectivity index (χ1v) is 8.31. The van der Waals surface area contributed by atoms with Gasteiger partial charge in [0.15, 0.2) is 0 Å². The zero-order valence-corrected chi connectivity index (χ0v) is 13.1. The molecule has 0 spiro atoms. The average Bonchev–Trinajstić information content (AvgIpc) is 2.53. The fourth-order valence-corrected chi connectivity index (χ4v) is 2.91. The minimum Gasteiger partial charge on any atom is -0.389 e. The lowest BCUT2D eigenvalue weighted by atomic mass is 9.98. The molecule has 0 heterocycles. The predicted molar refractivity (Wildman–Crippen MR) is 86.4 cm³/mol. The summed E-state index contributed by atoms with van der Waals surface area (Å²) in [6.07, 6.45) is 7.13. The highest BCUT2D eigenvalue weighted by molar-refractivity contribution is 5.15. The quantitative estimate of drug-likeness (QED) is 0.774. The van der Waals surface area contributed by atoms with Gasteiger partial charge in [-0.25, -0.2) is 0 Å². The van der Waals surface area contributed by atoms with Crippen LogP contribution in [-0.4, -0.2) is 36.5 Å². The molecule has 1 aromatic rings. The molecule has 0 saturated heterocycles. The minimum atomic E-state index is -0.412. The van der Waals surface area contributed by atoms with Gasteiger partial charge in [-0.1, -0.05) is 49.6 Å². The first-order valence-electron chi connectivity index (χ1n) is 8.31. The van der Waals surface area contributed by atoms with Crippen molar-refractivity contribution >= 4 is 0 Å². The van der Waals surface area contributed by atoms with Gasteiger partial charge in [-0.3, -0.25) is 0 Å². The molecule has 2 atom stereocenters. The van der Waals surface area contributed by atoms with Crippen molar-refractivity contribution in [3.8, 4) is 0 Å². The molecule has 21 heavy (non-hydrogen) atoms. The van der Waals surface area contributed by atoms with E-state index >= 15 is 0 Å². The van der Waals surface area contributed by atoms with Crippen molar-refractivity contribution in [2.45, 2.75) is 63.7 Å². The molecule has 0 aromatic heterocycles. The van der Waals surface area contributed by atoms with Gasteiger partial charge in [0.25, 0.3) is 0 Å². The second-order valence-corrected chi connectivity index (χ2v) is 6.25. The molecule has 0 bridgehead atoms. The highest BCUT2D eigenvalue weighted by Crippen LogP contribution is 2.20. The maximum Gasteiger partial charge on any atom is 0.0897 e. The van der Waals surface area contributed by atoms with Gasteiger partial charge in [-0.05, 0) is 31.7 Å². The van der Waals surface area contributed by atoms with Crippen LogP contribution in [0.2, 0.25) is 0 Å². The highest BCUT2D eigenvalue weighted by Gasteiger charge is 2.15. The van der Waals surface area contributed by atoms with Crippen molar-refractivity contribution in [2.75, 3.05) is 13.2 Å². The molecule has 2 rings (SSSR count). The Bertz CT molecular complexity index is 376. The van der Waals surface area contributed by atoms with E-state index in [0.717, 1.165) is 19.3 Å². The molecule has 1 aliphatic carbocycles. The van der Waals surface area contributed by atoms with Crippen LogP contribution < -0.4 is 5.32 Å². The van der Waals surface area contributed by atoms with Crippen molar-refractivity contribution in [3.05, 3.63) is 35.9 Å². The van der Waals surface area contributed by atoms with Crippen LogP contribution in [0.3, 0.4) is 0 Å². The Morgan fingerprint density at radius 1 is 1.19 bits per heavy atom. The monoisotopic (exact) mass is 291 g/mol. The lowest BCUT2D eigenvalue weighted by Crippen LogP contribution is -2.37. The number of nitrogens with one attached hydrogen (secondary N) is 1. The second-order valence-electron chi connectivity index (χ2n) is 6.25. The van der Waals surface area contributed by atoms with Gasteiger partial charge in [0, 0.05) is 12.6 Å². The third-order valence-electron chi connectivity index (χ3n) is 4.16. The molecule has 1 aromatic carbocycles. The Labute approximate surface area is 128 Å². The van der Waals surface area contributed by atoms with Crippen molar-refractivity contribution in [2.24, 2.45) is 0 Å². The van der Waals surface area contributed by atoms with Crippen LogP contribution in [0.15, 0.2) is 30.3 Å². The van der Waals surface area contributed by atoms with E-state index in [1.54, 1.807) is 0 Å². The number of ether oxygens (including phenoxy) is 1. The van der Waals surface area contributed by atoms with Gasteiger partial charge in [0.05, 0.1) is 18.8 Å². The van der Waals surface area contributed by atoms with Crippen LogP contribution in [0.25, 0.3) is 0 Å². The lowest BCUT2D eigenvalue weighted by molar-refractivity contribution is -0.0234. The molecule has 3 nitrogen and oxygen atoms in total. The van der Waals surface area contributed by atoms with Gasteiger partial charge >= 0.3 is 0 Å². The largest absolute Gasteiger partial charge is 0.389 e. The van der Waals surface area contributed by atoms with Crippen LogP contribution >= 0.6 is 0 Å². The molecule has 0 aliphatic heterocycles. The second kappa shape index (κ2) is 9.19. The van der Waals surface area contributed by atoms with E-state index in [0.29, 0.717) is 25.3 Å². The Kier molecular flexibility index (Phi) is 7.20. The summed E-state index contributed by atoms with van der Waals surface area (Å²) in [5, 5.41) is 13.4. The predicted octanol–water partition coefficient (Wildman–Crippen LogP) is 2.92. The molecule has 0 radical (unpaired) electrons. The van der Waals surface area contributed by atoms with E-state index in [4.69, 9.17) is 4.74 Å². The molecular formula is C18H29NO2. The third kappa shape index (κ3) is 6.60. The summed E-state index contributed by atoms with van der Waals surface area (Å²) in [6, 6.07) is 10.8. The summed E-state index contributed by atoms with van der Waals surface area (Å²) in [7, 11) is 0. The summed E-state index contributed by atoms with van der Waals surface area (Å²) < 4.78 is 5.81. The molecular weight excluding hydrogens is 262 g/mol. The maximum absolute atomic E-state index is 10.0. The van der Waals surface area contributed by atoms with Crippen molar-refractivity contribution in [3.63, 3.8) is 0 Å². The summed E-state index contributed by atoms with van der Waals surface area (Å²) in [5.41, 5.74) is 1.32. The first-order chi connectivity index (χ1) is 10.2. The number of hydrogen-bond acceptors (Lipinski definition) is 3. The Hall–Kier alpha value is -0.900. The molecule has 0 amide bonds. The van der Waals surface area contributed by atoms with Crippen LogP contribution in [0.1, 0.15) is 44.6 Å². The van der Waals surface area contributed by atoms with E-state index in [-0.39, 0.29) is 0 Å². The van der Waals surface area contributed by atoms with Gasteiger partial charge in [-0.2, -0.15) is 0 Å². The molecule has 2 N–H and O–H groups in total. The molecule has 1 fully saturated rings. The molecule has 3 heteroatoms. The van der Waals surface area contributed by atoms with Gasteiger partial charge in [0.2, 0.25) is 0 Å². The molecule has 1 saturated carbocycles. The molecule has 1 aliphatic rings. The van der Waals surface area contributed by atoms with Gasteiger partial charge in [-0.15, -0.1) is 0 Å². The maximum atomic E-state index is 10.0. The van der Waals surface area contributed by atoms with Crippen LogP contribution in [-0.2, 0) is 11.2 Å². The normalized spacial score (nSPS) is 19.3. The van der Waals surface area contributed by atoms with E-state index in [9.17, 15) is 5.11 Å².